The summed E-state index contributed by atoms with van der Waals surface area (Å²) in [5.74, 6) is 0.917. The highest BCUT2D eigenvalue weighted by Gasteiger charge is 2.19. The second-order valence-electron chi connectivity index (χ2n) is 5.38. The van der Waals surface area contributed by atoms with Gasteiger partial charge in [0, 0.05) is 24.3 Å². The van der Waals surface area contributed by atoms with Gasteiger partial charge in [0.2, 0.25) is 0 Å². The minimum Gasteiger partial charge on any atom is -0.371 e. The largest absolute Gasteiger partial charge is 0.371 e. The molecule has 0 aliphatic carbocycles. The summed E-state index contributed by atoms with van der Waals surface area (Å²) in [6, 6.07) is 6.01. The Morgan fingerprint density at radius 1 is 1.33 bits per heavy atom. The summed E-state index contributed by atoms with van der Waals surface area (Å²) in [5, 5.41) is 0. The van der Waals surface area contributed by atoms with Crippen molar-refractivity contribution < 1.29 is 4.79 Å². The second-order valence-corrected chi connectivity index (χ2v) is 5.38. The van der Waals surface area contributed by atoms with Crippen LogP contribution in [0.5, 0.6) is 0 Å². The first-order valence-electron chi connectivity index (χ1n) is 7.05. The maximum atomic E-state index is 10.7. The Morgan fingerprint density at radius 2 is 2.06 bits per heavy atom. The summed E-state index contributed by atoms with van der Waals surface area (Å²) in [6.45, 7) is 6.69. The number of rotatable bonds is 4. The van der Waals surface area contributed by atoms with Gasteiger partial charge >= 0.3 is 0 Å². The Labute approximate surface area is 110 Å². The molecule has 0 N–H and O–H groups in total. The van der Waals surface area contributed by atoms with E-state index in [1.807, 2.05) is 12.1 Å². The summed E-state index contributed by atoms with van der Waals surface area (Å²) in [4.78, 5) is 13.2. The van der Waals surface area contributed by atoms with Crippen LogP contribution < -0.4 is 4.90 Å². The Kier molecular flexibility index (Phi) is 4.40. The number of anilines is 1. The van der Waals surface area contributed by atoms with Crippen molar-refractivity contribution >= 4 is 12.0 Å². The summed E-state index contributed by atoms with van der Waals surface area (Å²) in [7, 11) is 0. The van der Waals surface area contributed by atoms with Gasteiger partial charge in [-0.2, -0.15) is 0 Å². The highest BCUT2D eigenvalue weighted by Crippen LogP contribution is 2.28. The topological polar surface area (TPSA) is 20.3 Å². The Morgan fingerprint density at radius 3 is 2.61 bits per heavy atom. The first kappa shape index (κ1) is 13.1. The van der Waals surface area contributed by atoms with E-state index in [1.165, 1.54) is 36.9 Å². The fourth-order valence-corrected chi connectivity index (χ4v) is 2.98. The summed E-state index contributed by atoms with van der Waals surface area (Å²) < 4.78 is 0. The highest BCUT2D eigenvalue weighted by atomic mass is 16.1. The average molecular weight is 245 g/mol. The van der Waals surface area contributed by atoms with Crippen molar-refractivity contribution in [2.45, 2.75) is 39.5 Å². The van der Waals surface area contributed by atoms with Gasteiger partial charge in [-0.25, -0.2) is 0 Å². The minimum atomic E-state index is 0.775. The lowest BCUT2D eigenvalue weighted by molar-refractivity contribution is 0.112. The Bertz CT molecular complexity index is 406. The lowest BCUT2D eigenvalue weighted by Crippen LogP contribution is -2.34. The zero-order valence-corrected chi connectivity index (χ0v) is 11.5. The molecule has 0 unspecified atom stereocenters. The zero-order valence-electron chi connectivity index (χ0n) is 11.5. The van der Waals surface area contributed by atoms with E-state index in [0.717, 1.165) is 30.9 Å². The third-order valence-corrected chi connectivity index (χ3v) is 4.01. The molecular weight excluding hydrogens is 222 g/mol. The lowest BCUT2D eigenvalue weighted by atomic mass is 9.92. The van der Waals surface area contributed by atoms with Gasteiger partial charge in [0.05, 0.1) is 0 Å². The number of piperidine rings is 1. The number of nitrogens with zero attached hydrogens (tertiary/aromatic N) is 1. The van der Waals surface area contributed by atoms with Gasteiger partial charge in [-0.15, -0.1) is 0 Å². The van der Waals surface area contributed by atoms with Crippen molar-refractivity contribution in [1.82, 2.24) is 0 Å². The van der Waals surface area contributed by atoms with E-state index in [9.17, 15) is 4.79 Å². The molecule has 98 valence electrons. The highest BCUT2D eigenvalue weighted by molar-refractivity contribution is 5.77. The SMILES string of the molecule is CCCC1CCN(c2ccc(C=O)cc2C)CC1. The van der Waals surface area contributed by atoms with Gasteiger partial charge < -0.3 is 4.90 Å². The molecular formula is C16H23NO. The fourth-order valence-electron chi connectivity index (χ4n) is 2.98. The number of hydrogen-bond acceptors (Lipinski definition) is 2. The molecule has 0 saturated carbocycles. The molecule has 2 heteroatoms. The predicted molar refractivity (Wildman–Crippen MR) is 76.4 cm³/mol. The summed E-state index contributed by atoms with van der Waals surface area (Å²) >= 11 is 0. The van der Waals surface area contributed by atoms with E-state index in [0.29, 0.717) is 0 Å². The molecule has 2 rings (SSSR count). The Balaban J connectivity index is 2.03. The molecule has 0 spiro atoms. The molecule has 0 atom stereocenters. The van der Waals surface area contributed by atoms with Crippen LogP contribution in [0.3, 0.4) is 0 Å². The van der Waals surface area contributed by atoms with E-state index < -0.39 is 0 Å². The predicted octanol–water partition coefficient (Wildman–Crippen LogP) is 3.82. The third-order valence-electron chi connectivity index (χ3n) is 4.01. The molecule has 1 aromatic rings. The number of carbonyl (C=O) groups is 1. The molecule has 0 amide bonds. The number of carbonyl (C=O) groups excluding carboxylic acids is 1. The quantitative estimate of drug-likeness (QED) is 0.751. The number of aldehydes is 1. The van der Waals surface area contributed by atoms with Crippen LogP contribution in [0, 0.1) is 12.8 Å². The van der Waals surface area contributed by atoms with E-state index >= 15 is 0 Å². The van der Waals surface area contributed by atoms with Crippen LogP contribution in [0.25, 0.3) is 0 Å². The molecule has 1 saturated heterocycles. The molecule has 2 nitrogen and oxygen atoms in total. The molecule has 1 aliphatic heterocycles. The van der Waals surface area contributed by atoms with Crippen LogP contribution in [0.1, 0.15) is 48.5 Å². The van der Waals surface area contributed by atoms with Crippen LogP contribution in [-0.2, 0) is 0 Å². The van der Waals surface area contributed by atoms with Gasteiger partial charge in [0.1, 0.15) is 6.29 Å². The fraction of sp³-hybridized carbons (Fsp3) is 0.562. The smallest absolute Gasteiger partial charge is 0.150 e. The molecule has 18 heavy (non-hydrogen) atoms. The van der Waals surface area contributed by atoms with Crippen LogP contribution in [-0.4, -0.2) is 19.4 Å². The van der Waals surface area contributed by atoms with Gasteiger partial charge in [0.15, 0.2) is 0 Å². The maximum absolute atomic E-state index is 10.7. The molecule has 0 aromatic heterocycles. The average Bonchev–Trinajstić information content (AvgIpc) is 2.40. The van der Waals surface area contributed by atoms with Gasteiger partial charge in [-0.05, 0) is 49.4 Å². The van der Waals surface area contributed by atoms with Gasteiger partial charge in [-0.3, -0.25) is 4.79 Å². The van der Waals surface area contributed by atoms with Crippen LogP contribution in [0.4, 0.5) is 5.69 Å². The van der Waals surface area contributed by atoms with E-state index in [-0.39, 0.29) is 0 Å². The van der Waals surface area contributed by atoms with Crippen molar-refractivity contribution in [3.8, 4) is 0 Å². The molecule has 1 heterocycles. The van der Waals surface area contributed by atoms with Crippen molar-refractivity contribution in [3.05, 3.63) is 29.3 Å². The maximum Gasteiger partial charge on any atom is 0.150 e. The van der Waals surface area contributed by atoms with E-state index in [1.54, 1.807) is 0 Å². The van der Waals surface area contributed by atoms with E-state index in [4.69, 9.17) is 0 Å². The van der Waals surface area contributed by atoms with Crippen LogP contribution in [0.2, 0.25) is 0 Å². The molecule has 0 radical (unpaired) electrons. The first-order valence-corrected chi connectivity index (χ1v) is 7.05. The van der Waals surface area contributed by atoms with Gasteiger partial charge in [0.25, 0.3) is 0 Å². The minimum absolute atomic E-state index is 0.775. The zero-order chi connectivity index (χ0) is 13.0. The standard InChI is InChI=1S/C16H23NO/c1-3-4-14-7-9-17(10-8-14)16-6-5-15(12-18)11-13(16)2/h5-6,11-12,14H,3-4,7-10H2,1-2H3. The lowest BCUT2D eigenvalue weighted by Gasteiger charge is -2.34. The second kappa shape index (κ2) is 6.03. The van der Waals surface area contributed by atoms with Crippen LogP contribution in [0.15, 0.2) is 18.2 Å². The molecule has 0 bridgehead atoms. The molecule has 1 fully saturated rings. The first-order chi connectivity index (χ1) is 8.74. The van der Waals surface area contributed by atoms with Crippen molar-refractivity contribution in [2.75, 3.05) is 18.0 Å². The molecule has 1 aliphatic rings. The van der Waals surface area contributed by atoms with Crippen molar-refractivity contribution in [1.29, 1.82) is 0 Å². The molecule has 1 aromatic carbocycles. The van der Waals surface area contributed by atoms with Crippen LogP contribution >= 0.6 is 0 Å². The normalized spacial score (nSPS) is 16.9. The van der Waals surface area contributed by atoms with E-state index in [2.05, 4.69) is 24.8 Å². The Hall–Kier alpha value is -1.31. The third kappa shape index (κ3) is 2.92. The van der Waals surface area contributed by atoms with Crippen molar-refractivity contribution in [3.63, 3.8) is 0 Å². The number of hydrogen-bond donors (Lipinski definition) is 0. The monoisotopic (exact) mass is 245 g/mol. The number of benzene rings is 1. The summed E-state index contributed by atoms with van der Waals surface area (Å²) in [6.07, 6.45) is 6.21. The van der Waals surface area contributed by atoms with Crippen molar-refractivity contribution in [2.24, 2.45) is 5.92 Å². The summed E-state index contributed by atoms with van der Waals surface area (Å²) in [5.41, 5.74) is 3.29. The number of aryl methyl sites for hydroxylation is 1. The van der Waals surface area contributed by atoms with Gasteiger partial charge in [-0.1, -0.05) is 19.8 Å².